The summed E-state index contributed by atoms with van der Waals surface area (Å²) in [5.41, 5.74) is 4.38. The van der Waals surface area contributed by atoms with Crippen molar-refractivity contribution in [2.45, 2.75) is 59.5 Å². The van der Waals surface area contributed by atoms with Crippen LogP contribution in [0.15, 0.2) is 18.2 Å². The topological polar surface area (TPSA) is 15.3 Å². The van der Waals surface area contributed by atoms with Gasteiger partial charge in [-0.3, -0.25) is 0 Å². The van der Waals surface area contributed by atoms with E-state index in [0.717, 1.165) is 12.5 Å². The molecule has 0 amide bonds. The average Bonchev–Trinajstić information content (AvgIpc) is 2.36. The van der Waals surface area contributed by atoms with Crippen LogP contribution in [0.4, 0.5) is 5.69 Å². The van der Waals surface area contributed by atoms with Crippen LogP contribution >= 0.6 is 0 Å². The number of hydrogen-bond donors (Lipinski definition) is 1. The maximum atomic E-state index is 3.57. The molecule has 1 aliphatic heterocycles. The SMILES string of the molecule is Cc1cc(N2CCCC(C)C2)ccc1CNC(C)(C)C. The van der Waals surface area contributed by atoms with Crippen LogP contribution in [0.5, 0.6) is 0 Å². The summed E-state index contributed by atoms with van der Waals surface area (Å²) in [5.74, 6) is 0.825. The van der Waals surface area contributed by atoms with Crippen LogP contribution in [-0.4, -0.2) is 18.6 Å². The number of rotatable bonds is 3. The molecule has 1 fully saturated rings. The van der Waals surface area contributed by atoms with E-state index in [1.54, 1.807) is 0 Å². The lowest BCUT2D eigenvalue weighted by Gasteiger charge is -2.33. The highest BCUT2D eigenvalue weighted by Crippen LogP contribution is 2.25. The maximum absolute atomic E-state index is 3.57. The molecule has 1 unspecified atom stereocenters. The van der Waals surface area contributed by atoms with E-state index >= 15 is 0 Å². The van der Waals surface area contributed by atoms with Gasteiger partial charge >= 0.3 is 0 Å². The Hall–Kier alpha value is -1.02. The summed E-state index contributed by atoms with van der Waals surface area (Å²) < 4.78 is 0. The summed E-state index contributed by atoms with van der Waals surface area (Å²) in [6, 6.07) is 6.95. The van der Waals surface area contributed by atoms with E-state index in [4.69, 9.17) is 0 Å². The van der Waals surface area contributed by atoms with E-state index in [2.05, 4.69) is 63.0 Å². The van der Waals surface area contributed by atoms with Crippen molar-refractivity contribution in [1.82, 2.24) is 5.32 Å². The van der Waals surface area contributed by atoms with Gasteiger partial charge in [-0.1, -0.05) is 13.0 Å². The van der Waals surface area contributed by atoms with Gasteiger partial charge in [0.05, 0.1) is 0 Å². The second kappa shape index (κ2) is 6.17. The Kier molecular flexibility index (Phi) is 4.74. The first-order chi connectivity index (χ1) is 9.35. The summed E-state index contributed by atoms with van der Waals surface area (Å²) in [5, 5.41) is 3.57. The Morgan fingerprint density at radius 1 is 1.30 bits per heavy atom. The molecule has 2 heteroatoms. The first-order valence-corrected chi connectivity index (χ1v) is 7.95. The molecule has 1 N–H and O–H groups in total. The lowest BCUT2D eigenvalue weighted by molar-refractivity contribution is 0.423. The van der Waals surface area contributed by atoms with Gasteiger partial charge in [0.1, 0.15) is 0 Å². The van der Waals surface area contributed by atoms with Gasteiger partial charge in [0.25, 0.3) is 0 Å². The fourth-order valence-electron chi connectivity index (χ4n) is 2.86. The largest absolute Gasteiger partial charge is 0.371 e. The molecule has 1 aromatic rings. The second-order valence-corrected chi connectivity index (χ2v) is 7.41. The van der Waals surface area contributed by atoms with Crippen LogP contribution < -0.4 is 10.2 Å². The van der Waals surface area contributed by atoms with Gasteiger partial charge in [0, 0.05) is 30.9 Å². The molecule has 0 aromatic heterocycles. The summed E-state index contributed by atoms with van der Waals surface area (Å²) in [7, 11) is 0. The summed E-state index contributed by atoms with van der Waals surface area (Å²) in [4.78, 5) is 2.54. The monoisotopic (exact) mass is 274 g/mol. The molecule has 2 nitrogen and oxygen atoms in total. The van der Waals surface area contributed by atoms with E-state index in [0.29, 0.717) is 0 Å². The molecule has 1 atom stereocenters. The quantitative estimate of drug-likeness (QED) is 0.892. The number of piperidine rings is 1. The van der Waals surface area contributed by atoms with Gasteiger partial charge in [-0.2, -0.15) is 0 Å². The van der Waals surface area contributed by atoms with Gasteiger partial charge in [-0.15, -0.1) is 0 Å². The number of aryl methyl sites for hydroxylation is 1. The van der Waals surface area contributed by atoms with E-state index in [1.807, 2.05) is 0 Å². The normalized spacial score (nSPS) is 20.2. The van der Waals surface area contributed by atoms with Crippen molar-refractivity contribution >= 4 is 5.69 Å². The third-order valence-corrected chi connectivity index (χ3v) is 4.16. The Labute approximate surface area is 124 Å². The Balaban J connectivity index is 2.05. The molecule has 0 bridgehead atoms. The molecule has 0 aliphatic carbocycles. The standard InChI is InChI=1S/C18H30N2/c1-14-7-6-10-20(13-14)17-9-8-16(15(2)11-17)12-19-18(3,4)5/h8-9,11,14,19H,6-7,10,12-13H2,1-5H3. The highest BCUT2D eigenvalue weighted by molar-refractivity contribution is 5.51. The first kappa shape index (κ1) is 15.4. The van der Waals surface area contributed by atoms with Gasteiger partial charge in [0.15, 0.2) is 0 Å². The highest BCUT2D eigenvalue weighted by atomic mass is 15.1. The number of nitrogens with one attached hydrogen (secondary N) is 1. The van der Waals surface area contributed by atoms with Crippen LogP contribution in [0, 0.1) is 12.8 Å². The van der Waals surface area contributed by atoms with Crippen molar-refractivity contribution in [2.75, 3.05) is 18.0 Å². The van der Waals surface area contributed by atoms with Gasteiger partial charge < -0.3 is 10.2 Å². The molecular weight excluding hydrogens is 244 g/mol. The zero-order valence-corrected chi connectivity index (χ0v) is 13.8. The molecule has 1 heterocycles. The first-order valence-electron chi connectivity index (χ1n) is 7.95. The third-order valence-electron chi connectivity index (χ3n) is 4.16. The Morgan fingerprint density at radius 2 is 2.05 bits per heavy atom. The molecule has 20 heavy (non-hydrogen) atoms. The predicted octanol–water partition coefficient (Wildman–Crippen LogP) is 4.12. The van der Waals surface area contributed by atoms with Crippen molar-refractivity contribution in [3.63, 3.8) is 0 Å². The lowest BCUT2D eigenvalue weighted by Crippen LogP contribution is -2.35. The maximum Gasteiger partial charge on any atom is 0.0369 e. The zero-order valence-electron chi connectivity index (χ0n) is 13.8. The van der Waals surface area contributed by atoms with Crippen LogP contribution in [-0.2, 0) is 6.54 Å². The highest BCUT2D eigenvalue weighted by Gasteiger charge is 2.17. The van der Waals surface area contributed by atoms with Gasteiger partial charge in [-0.25, -0.2) is 0 Å². The van der Waals surface area contributed by atoms with E-state index in [-0.39, 0.29) is 5.54 Å². The summed E-state index contributed by atoms with van der Waals surface area (Å²) >= 11 is 0. The molecule has 112 valence electrons. The minimum absolute atomic E-state index is 0.174. The molecule has 1 aromatic carbocycles. The molecular formula is C18H30N2. The molecule has 1 aliphatic rings. The van der Waals surface area contributed by atoms with Gasteiger partial charge in [-0.05, 0) is 69.7 Å². The summed E-state index contributed by atoms with van der Waals surface area (Å²) in [6.07, 6.45) is 2.70. The molecule has 2 rings (SSSR count). The second-order valence-electron chi connectivity index (χ2n) is 7.41. The van der Waals surface area contributed by atoms with Crippen LogP contribution in [0.25, 0.3) is 0 Å². The van der Waals surface area contributed by atoms with Crippen LogP contribution in [0.3, 0.4) is 0 Å². The predicted molar refractivity (Wildman–Crippen MR) is 88.4 cm³/mol. The smallest absolute Gasteiger partial charge is 0.0369 e. The van der Waals surface area contributed by atoms with Crippen LogP contribution in [0.2, 0.25) is 0 Å². The minimum Gasteiger partial charge on any atom is -0.371 e. The third kappa shape index (κ3) is 4.24. The lowest BCUT2D eigenvalue weighted by atomic mass is 9.98. The number of benzene rings is 1. The van der Waals surface area contributed by atoms with E-state index < -0.39 is 0 Å². The van der Waals surface area contributed by atoms with E-state index in [1.165, 1.54) is 42.7 Å². The molecule has 0 radical (unpaired) electrons. The molecule has 1 saturated heterocycles. The van der Waals surface area contributed by atoms with Crippen molar-refractivity contribution in [3.8, 4) is 0 Å². The Morgan fingerprint density at radius 3 is 2.65 bits per heavy atom. The molecule has 0 spiro atoms. The van der Waals surface area contributed by atoms with E-state index in [9.17, 15) is 0 Å². The number of anilines is 1. The fourth-order valence-corrected chi connectivity index (χ4v) is 2.86. The van der Waals surface area contributed by atoms with Crippen molar-refractivity contribution in [2.24, 2.45) is 5.92 Å². The van der Waals surface area contributed by atoms with Crippen molar-refractivity contribution in [1.29, 1.82) is 0 Å². The molecule has 0 saturated carbocycles. The van der Waals surface area contributed by atoms with Gasteiger partial charge in [0.2, 0.25) is 0 Å². The average molecular weight is 274 g/mol. The van der Waals surface area contributed by atoms with Crippen molar-refractivity contribution in [3.05, 3.63) is 29.3 Å². The number of nitrogens with zero attached hydrogens (tertiary/aromatic N) is 1. The van der Waals surface area contributed by atoms with Crippen molar-refractivity contribution < 1.29 is 0 Å². The minimum atomic E-state index is 0.174. The number of hydrogen-bond acceptors (Lipinski definition) is 2. The summed E-state index contributed by atoms with van der Waals surface area (Å²) in [6.45, 7) is 14.6. The Bertz CT molecular complexity index is 445. The van der Waals surface area contributed by atoms with Crippen LogP contribution in [0.1, 0.15) is 51.7 Å². The fraction of sp³-hybridized carbons (Fsp3) is 0.667. The zero-order chi connectivity index (χ0) is 14.8.